The molecule has 26 heavy (non-hydrogen) atoms. The molecule has 0 bridgehead atoms. The average molecular weight is 368 g/mol. The van der Waals surface area contributed by atoms with Gasteiger partial charge >= 0.3 is 0 Å². The van der Waals surface area contributed by atoms with Crippen LogP contribution in [0.2, 0.25) is 0 Å². The van der Waals surface area contributed by atoms with Gasteiger partial charge in [-0.2, -0.15) is 0 Å². The van der Waals surface area contributed by atoms with Crippen LogP contribution >= 0.6 is 0 Å². The van der Waals surface area contributed by atoms with Crippen LogP contribution in [0.5, 0.6) is 0 Å². The third-order valence-corrected chi connectivity index (χ3v) is 3.33. The Morgan fingerprint density at radius 3 is 2.46 bits per heavy atom. The van der Waals surface area contributed by atoms with Crippen LogP contribution in [-0.2, 0) is 4.84 Å². The molecule has 0 aliphatic rings. The van der Waals surface area contributed by atoms with Crippen LogP contribution in [0.25, 0.3) is 0 Å². The van der Waals surface area contributed by atoms with Crippen molar-refractivity contribution in [3.63, 3.8) is 0 Å². The van der Waals surface area contributed by atoms with E-state index in [9.17, 15) is 22.8 Å². The van der Waals surface area contributed by atoms with Gasteiger partial charge < -0.3 is 10.4 Å². The molecule has 3 N–H and O–H groups in total. The molecule has 2 aromatic carbocycles. The number of amides is 1. The summed E-state index contributed by atoms with van der Waals surface area (Å²) in [6.07, 6.45) is 0. The first kappa shape index (κ1) is 19.4. The molecule has 0 aliphatic heterocycles. The monoisotopic (exact) mass is 368 g/mol. The standard InChI is InChI=1S/C17H15F3N2O4/c1-9(24)10-2-5-14(13(19)8-10)21-16-11(3-4-12(18)15(16)20)17(25)22-26-7-6-23/h2-5,8,21,23H,6-7H2,1H3,(H,22,25). The van der Waals surface area contributed by atoms with Gasteiger partial charge in [0.05, 0.1) is 30.2 Å². The highest BCUT2D eigenvalue weighted by Gasteiger charge is 2.20. The fourth-order valence-corrected chi connectivity index (χ4v) is 2.05. The highest BCUT2D eigenvalue weighted by atomic mass is 19.2. The number of aliphatic hydroxyl groups is 1. The second-order valence-electron chi connectivity index (χ2n) is 5.16. The van der Waals surface area contributed by atoms with Crippen molar-refractivity contribution in [3.05, 3.63) is 58.9 Å². The van der Waals surface area contributed by atoms with E-state index in [1.807, 2.05) is 5.48 Å². The molecule has 0 saturated carbocycles. The Bertz CT molecular complexity index is 843. The van der Waals surface area contributed by atoms with Gasteiger partial charge in [-0.05, 0) is 37.3 Å². The lowest BCUT2D eigenvalue weighted by atomic mass is 10.1. The topological polar surface area (TPSA) is 87.7 Å². The summed E-state index contributed by atoms with van der Waals surface area (Å²) < 4.78 is 41.8. The van der Waals surface area contributed by atoms with E-state index in [-0.39, 0.29) is 35.8 Å². The average Bonchev–Trinajstić information content (AvgIpc) is 2.60. The predicted molar refractivity (Wildman–Crippen MR) is 86.5 cm³/mol. The Morgan fingerprint density at radius 1 is 1.12 bits per heavy atom. The number of Topliss-reactive ketones (excluding diaryl/α,β-unsaturated/α-hetero) is 1. The van der Waals surface area contributed by atoms with Crippen molar-refractivity contribution < 1.29 is 32.7 Å². The normalized spacial score (nSPS) is 10.5. The Balaban J connectivity index is 2.37. The SMILES string of the molecule is CC(=O)c1ccc(Nc2c(C(=O)NOCCO)ccc(F)c2F)c(F)c1. The molecule has 0 unspecified atom stereocenters. The minimum atomic E-state index is -1.39. The summed E-state index contributed by atoms with van der Waals surface area (Å²) in [6, 6.07) is 5.12. The van der Waals surface area contributed by atoms with Crippen molar-refractivity contribution in [3.8, 4) is 0 Å². The fraction of sp³-hybridized carbons (Fsp3) is 0.176. The lowest BCUT2D eigenvalue weighted by Crippen LogP contribution is -2.26. The quantitative estimate of drug-likeness (QED) is 0.397. The van der Waals surface area contributed by atoms with Crippen LogP contribution < -0.4 is 10.8 Å². The molecular weight excluding hydrogens is 353 g/mol. The van der Waals surface area contributed by atoms with Gasteiger partial charge in [0.1, 0.15) is 5.82 Å². The molecule has 1 amide bonds. The number of carbonyl (C=O) groups is 2. The maximum Gasteiger partial charge on any atom is 0.277 e. The van der Waals surface area contributed by atoms with Gasteiger partial charge in [-0.15, -0.1) is 0 Å². The second-order valence-corrected chi connectivity index (χ2v) is 5.16. The number of hydrogen-bond acceptors (Lipinski definition) is 5. The molecule has 2 aromatic rings. The molecule has 0 heterocycles. The van der Waals surface area contributed by atoms with Crippen LogP contribution in [0.1, 0.15) is 27.6 Å². The Hall–Kier alpha value is -2.91. The first-order valence-corrected chi connectivity index (χ1v) is 7.43. The molecule has 0 saturated heterocycles. The van der Waals surface area contributed by atoms with Crippen LogP contribution in [0.4, 0.5) is 24.5 Å². The molecule has 2 rings (SSSR count). The van der Waals surface area contributed by atoms with Crippen molar-refractivity contribution in [2.45, 2.75) is 6.92 Å². The summed E-state index contributed by atoms with van der Waals surface area (Å²) in [5.41, 5.74) is 0.829. The molecule has 0 spiro atoms. The van der Waals surface area contributed by atoms with Crippen LogP contribution in [0.15, 0.2) is 30.3 Å². The highest BCUT2D eigenvalue weighted by molar-refractivity contribution is 6.00. The number of aliphatic hydroxyl groups excluding tert-OH is 1. The van der Waals surface area contributed by atoms with E-state index in [1.165, 1.54) is 19.1 Å². The lowest BCUT2D eigenvalue weighted by Gasteiger charge is -2.14. The Kier molecular flexibility index (Phi) is 6.31. The van der Waals surface area contributed by atoms with Crippen molar-refractivity contribution in [2.24, 2.45) is 0 Å². The third kappa shape index (κ3) is 4.38. The Morgan fingerprint density at radius 2 is 1.85 bits per heavy atom. The van der Waals surface area contributed by atoms with Gasteiger partial charge in [0.25, 0.3) is 5.91 Å². The molecule has 0 atom stereocenters. The van der Waals surface area contributed by atoms with E-state index in [0.29, 0.717) is 0 Å². The first-order valence-electron chi connectivity index (χ1n) is 7.43. The van der Waals surface area contributed by atoms with Gasteiger partial charge in [0, 0.05) is 5.56 Å². The molecule has 0 radical (unpaired) electrons. The number of nitrogens with one attached hydrogen (secondary N) is 2. The van der Waals surface area contributed by atoms with Crippen molar-refractivity contribution in [1.29, 1.82) is 0 Å². The summed E-state index contributed by atoms with van der Waals surface area (Å²) in [7, 11) is 0. The molecule has 6 nitrogen and oxygen atoms in total. The zero-order valence-electron chi connectivity index (χ0n) is 13.6. The molecule has 0 aromatic heterocycles. The largest absolute Gasteiger partial charge is 0.394 e. The van der Waals surface area contributed by atoms with Crippen LogP contribution in [-0.4, -0.2) is 30.0 Å². The summed E-state index contributed by atoms with van der Waals surface area (Å²) >= 11 is 0. The van der Waals surface area contributed by atoms with E-state index < -0.39 is 29.0 Å². The highest BCUT2D eigenvalue weighted by Crippen LogP contribution is 2.28. The number of rotatable bonds is 7. The van der Waals surface area contributed by atoms with Gasteiger partial charge in [0.15, 0.2) is 17.4 Å². The minimum absolute atomic E-state index is 0.100. The number of hydroxylamine groups is 1. The third-order valence-electron chi connectivity index (χ3n) is 3.33. The van der Waals surface area contributed by atoms with Crippen molar-refractivity contribution in [1.82, 2.24) is 5.48 Å². The van der Waals surface area contributed by atoms with Gasteiger partial charge in [-0.3, -0.25) is 14.4 Å². The van der Waals surface area contributed by atoms with E-state index in [0.717, 1.165) is 18.2 Å². The first-order chi connectivity index (χ1) is 12.3. The summed E-state index contributed by atoms with van der Waals surface area (Å²) in [5.74, 6) is -4.82. The number of halogens is 3. The lowest BCUT2D eigenvalue weighted by molar-refractivity contribution is 0.0168. The van der Waals surface area contributed by atoms with E-state index in [4.69, 9.17) is 5.11 Å². The number of benzene rings is 2. The molecule has 0 fully saturated rings. The van der Waals surface area contributed by atoms with E-state index in [2.05, 4.69) is 10.2 Å². The molecule has 0 aliphatic carbocycles. The summed E-state index contributed by atoms with van der Waals surface area (Å²) in [4.78, 5) is 27.9. The summed E-state index contributed by atoms with van der Waals surface area (Å²) in [5, 5.41) is 10.9. The molecule has 9 heteroatoms. The van der Waals surface area contributed by atoms with Crippen LogP contribution in [0.3, 0.4) is 0 Å². The summed E-state index contributed by atoms with van der Waals surface area (Å²) in [6.45, 7) is 0.680. The van der Waals surface area contributed by atoms with Gasteiger partial charge in [0.2, 0.25) is 0 Å². The fourth-order valence-electron chi connectivity index (χ4n) is 2.05. The Labute approximate surface area is 146 Å². The van der Waals surface area contributed by atoms with E-state index >= 15 is 0 Å². The smallest absolute Gasteiger partial charge is 0.277 e. The van der Waals surface area contributed by atoms with Crippen LogP contribution in [0, 0.1) is 17.5 Å². The maximum atomic E-state index is 14.2. The minimum Gasteiger partial charge on any atom is -0.394 e. The second kappa shape index (κ2) is 8.45. The number of hydrogen-bond donors (Lipinski definition) is 3. The molecule has 138 valence electrons. The molecular formula is C17H15F3N2O4. The van der Waals surface area contributed by atoms with E-state index in [1.54, 1.807) is 0 Å². The predicted octanol–water partition coefficient (Wildman–Crippen LogP) is 2.70. The zero-order valence-corrected chi connectivity index (χ0v) is 13.6. The maximum absolute atomic E-state index is 14.2. The van der Waals surface area contributed by atoms with Crippen molar-refractivity contribution >= 4 is 23.1 Å². The van der Waals surface area contributed by atoms with Gasteiger partial charge in [-0.1, -0.05) is 0 Å². The number of anilines is 2. The number of carbonyl (C=O) groups excluding carboxylic acids is 2. The number of ketones is 1. The van der Waals surface area contributed by atoms with Crippen molar-refractivity contribution in [2.75, 3.05) is 18.5 Å². The zero-order chi connectivity index (χ0) is 19.3. The van der Waals surface area contributed by atoms with Gasteiger partial charge in [-0.25, -0.2) is 18.7 Å².